The Morgan fingerprint density at radius 3 is 2.56 bits per heavy atom. The number of nitrogens with one attached hydrogen (secondary N) is 2. The van der Waals surface area contributed by atoms with Crippen LogP contribution in [0.25, 0.3) is 0 Å². The minimum absolute atomic E-state index is 0.348. The summed E-state index contributed by atoms with van der Waals surface area (Å²) in [6.07, 6.45) is 5.39. The molecule has 1 aliphatic heterocycles. The SMILES string of the molecule is CCCCCCCOC(=O)C1=C(C)NC(=O)N[C@H]1c1cccc(OCc2ccccc2)c1. The monoisotopic (exact) mass is 436 g/mol. The Balaban J connectivity index is 1.69. The van der Waals surface area contributed by atoms with Gasteiger partial charge in [-0.15, -0.1) is 0 Å². The van der Waals surface area contributed by atoms with E-state index in [0.717, 1.165) is 30.4 Å². The number of ether oxygens (including phenoxy) is 2. The molecule has 1 heterocycles. The Bertz CT molecular complexity index is 940. The van der Waals surface area contributed by atoms with Crippen LogP contribution in [0.15, 0.2) is 65.9 Å². The zero-order valence-corrected chi connectivity index (χ0v) is 18.9. The summed E-state index contributed by atoms with van der Waals surface area (Å²) in [5.74, 6) is 0.256. The van der Waals surface area contributed by atoms with Gasteiger partial charge in [0.2, 0.25) is 0 Å². The molecule has 0 aliphatic carbocycles. The van der Waals surface area contributed by atoms with Crippen molar-refractivity contribution < 1.29 is 19.1 Å². The van der Waals surface area contributed by atoms with Gasteiger partial charge in [-0.25, -0.2) is 9.59 Å². The van der Waals surface area contributed by atoms with E-state index in [1.165, 1.54) is 12.8 Å². The first kappa shape index (κ1) is 23.4. The number of urea groups is 1. The Morgan fingerprint density at radius 1 is 1.00 bits per heavy atom. The number of hydrogen-bond donors (Lipinski definition) is 2. The van der Waals surface area contributed by atoms with Crippen LogP contribution in [0.2, 0.25) is 0 Å². The van der Waals surface area contributed by atoms with Crippen molar-refractivity contribution >= 4 is 12.0 Å². The molecule has 0 radical (unpaired) electrons. The highest BCUT2D eigenvalue weighted by Crippen LogP contribution is 2.30. The van der Waals surface area contributed by atoms with Gasteiger partial charge in [0.15, 0.2) is 0 Å². The van der Waals surface area contributed by atoms with Gasteiger partial charge in [-0.3, -0.25) is 0 Å². The molecule has 32 heavy (non-hydrogen) atoms. The standard InChI is InChI=1S/C26H32N2O4/c1-3-4-5-6-10-16-31-25(29)23-19(2)27-26(30)28-24(23)21-14-11-15-22(17-21)32-18-20-12-8-7-9-13-20/h7-9,11-15,17,24H,3-6,10,16,18H2,1-2H3,(H2,27,28,30)/t24-/m0/s1. The molecule has 0 bridgehead atoms. The van der Waals surface area contributed by atoms with Gasteiger partial charge in [-0.05, 0) is 36.6 Å². The number of allylic oxidation sites excluding steroid dienone is 1. The number of unbranched alkanes of at least 4 members (excludes halogenated alkanes) is 4. The van der Waals surface area contributed by atoms with E-state index in [0.29, 0.717) is 30.2 Å². The predicted molar refractivity (Wildman–Crippen MR) is 124 cm³/mol. The zero-order valence-electron chi connectivity index (χ0n) is 18.9. The third-order valence-corrected chi connectivity index (χ3v) is 5.41. The molecule has 2 aromatic rings. The van der Waals surface area contributed by atoms with Crippen molar-refractivity contribution in [2.45, 2.75) is 58.6 Å². The summed E-state index contributed by atoms with van der Waals surface area (Å²) in [5, 5.41) is 5.54. The molecule has 6 heteroatoms. The van der Waals surface area contributed by atoms with E-state index in [9.17, 15) is 9.59 Å². The van der Waals surface area contributed by atoms with Crippen LogP contribution in [-0.2, 0) is 16.1 Å². The maximum absolute atomic E-state index is 12.9. The number of carbonyl (C=O) groups excluding carboxylic acids is 2. The molecule has 3 rings (SSSR count). The Hall–Kier alpha value is -3.28. The van der Waals surface area contributed by atoms with Crippen LogP contribution in [-0.4, -0.2) is 18.6 Å². The maximum Gasteiger partial charge on any atom is 0.338 e. The molecule has 0 fully saturated rings. The quantitative estimate of drug-likeness (QED) is 0.365. The van der Waals surface area contributed by atoms with Crippen molar-refractivity contribution in [3.8, 4) is 5.75 Å². The topological polar surface area (TPSA) is 76.7 Å². The van der Waals surface area contributed by atoms with Crippen LogP contribution in [0.4, 0.5) is 4.79 Å². The molecule has 6 nitrogen and oxygen atoms in total. The predicted octanol–water partition coefficient (Wildman–Crippen LogP) is 5.41. The first-order valence-electron chi connectivity index (χ1n) is 11.3. The van der Waals surface area contributed by atoms with Crippen LogP contribution in [0.5, 0.6) is 5.75 Å². The van der Waals surface area contributed by atoms with E-state index < -0.39 is 12.0 Å². The largest absolute Gasteiger partial charge is 0.489 e. The molecule has 1 aliphatic rings. The van der Waals surface area contributed by atoms with Crippen LogP contribution in [0, 0.1) is 0 Å². The van der Waals surface area contributed by atoms with Gasteiger partial charge in [0.1, 0.15) is 12.4 Å². The molecule has 2 amide bonds. The first-order valence-corrected chi connectivity index (χ1v) is 11.3. The molecule has 1 atom stereocenters. The summed E-state index contributed by atoms with van der Waals surface area (Å²) in [6.45, 7) is 4.70. The van der Waals surface area contributed by atoms with Gasteiger partial charge in [0.25, 0.3) is 0 Å². The summed E-state index contributed by atoms with van der Waals surface area (Å²) >= 11 is 0. The molecule has 0 saturated carbocycles. The number of hydrogen-bond acceptors (Lipinski definition) is 4. The van der Waals surface area contributed by atoms with Crippen LogP contribution >= 0.6 is 0 Å². The van der Waals surface area contributed by atoms with Crippen molar-refractivity contribution in [3.63, 3.8) is 0 Å². The Morgan fingerprint density at radius 2 is 1.78 bits per heavy atom. The van der Waals surface area contributed by atoms with Gasteiger partial charge in [-0.1, -0.05) is 75.1 Å². The van der Waals surface area contributed by atoms with E-state index in [1.54, 1.807) is 6.92 Å². The first-order chi connectivity index (χ1) is 15.6. The summed E-state index contributed by atoms with van der Waals surface area (Å²) in [5.41, 5.74) is 2.75. The second-order valence-corrected chi connectivity index (χ2v) is 7.97. The summed E-state index contributed by atoms with van der Waals surface area (Å²) < 4.78 is 11.5. The highest BCUT2D eigenvalue weighted by atomic mass is 16.5. The fourth-order valence-electron chi connectivity index (χ4n) is 3.69. The van der Waals surface area contributed by atoms with Gasteiger partial charge in [0.05, 0.1) is 18.2 Å². The number of amides is 2. The smallest absolute Gasteiger partial charge is 0.338 e. The summed E-state index contributed by atoms with van der Waals surface area (Å²) in [7, 11) is 0. The highest BCUT2D eigenvalue weighted by Gasteiger charge is 2.32. The van der Waals surface area contributed by atoms with Crippen LogP contribution < -0.4 is 15.4 Å². The number of esters is 1. The zero-order chi connectivity index (χ0) is 22.8. The second-order valence-electron chi connectivity index (χ2n) is 7.97. The van der Waals surface area contributed by atoms with Crippen molar-refractivity contribution in [1.29, 1.82) is 0 Å². The third-order valence-electron chi connectivity index (χ3n) is 5.41. The molecular formula is C26H32N2O4. The number of benzene rings is 2. The number of rotatable bonds is 11. The lowest BCUT2D eigenvalue weighted by Crippen LogP contribution is -2.45. The van der Waals surface area contributed by atoms with Crippen molar-refractivity contribution in [3.05, 3.63) is 77.0 Å². The Labute approximate surface area is 190 Å². The van der Waals surface area contributed by atoms with E-state index >= 15 is 0 Å². The molecule has 0 aromatic heterocycles. The molecular weight excluding hydrogens is 404 g/mol. The maximum atomic E-state index is 12.9. The fourth-order valence-corrected chi connectivity index (χ4v) is 3.69. The van der Waals surface area contributed by atoms with E-state index in [2.05, 4.69) is 17.6 Å². The van der Waals surface area contributed by atoms with Crippen molar-refractivity contribution in [2.24, 2.45) is 0 Å². The molecule has 0 saturated heterocycles. The molecule has 170 valence electrons. The molecule has 2 N–H and O–H groups in total. The summed E-state index contributed by atoms with van der Waals surface area (Å²) in [6, 6.07) is 16.4. The van der Waals surface area contributed by atoms with E-state index in [1.807, 2.05) is 54.6 Å². The van der Waals surface area contributed by atoms with Gasteiger partial charge in [0, 0.05) is 5.70 Å². The second kappa shape index (κ2) is 11.9. The average Bonchev–Trinajstić information content (AvgIpc) is 2.80. The van der Waals surface area contributed by atoms with Gasteiger partial charge >= 0.3 is 12.0 Å². The normalized spacial score (nSPS) is 15.7. The highest BCUT2D eigenvalue weighted by molar-refractivity contribution is 5.95. The van der Waals surface area contributed by atoms with Crippen molar-refractivity contribution in [2.75, 3.05) is 6.61 Å². The molecule has 0 unspecified atom stereocenters. The minimum Gasteiger partial charge on any atom is -0.489 e. The Kier molecular flexibility index (Phi) is 8.72. The molecule has 2 aromatic carbocycles. The van der Waals surface area contributed by atoms with Crippen LogP contribution in [0.3, 0.4) is 0 Å². The summed E-state index contributed by atoms with van der Waals surface area (Å²) in [4.78, 5) is 25.0. The van der Waals surface area contributed by atoms with Crippen LogP contribution in [0.1, 0.15) is 63.1 Å². The lowest BCUT2D eigenvalue weighted by Gasteiger charge is -2.28. The van der Waals surface area contributed by atoms with E-state index in [-0.39, 0.29) is 6.03 Å². The van der Waals surface area contributed by atoms with E-state index in [4.69, 9.17) is 9.47 Å². The average molecular weight is 437 g/mol. The molecule has 0 spiro atoms. The number of carbonyl (C=O) groups is 2. The minimum atomic E-state index is -0.600. The third kappa shape index (κ3) is 6.61. The lowest BCUT2D eigenvalue weighted by molar-refractivity contribution is -0.139. The van der Waals surface area contributed by atoms with Gasteiger partial charge < -0.3 is 20.1 Å². The fraction of sp³-hybridized carbons (Fsp3) is 0.385. The van der Waals surface area contributed by atoms with Gasteiger partial charge in [-0.2, -0.15) is 0 Å². The van der Waals surface area contributed by atoms with Crippen molar-refractivity contribution in [1.82, 2.24) is 10.6 Å². The lowest BCUT2D eigenvalue weighted by atomic mass is 9.95.